The number of anilines is 1. The summed E-state index contributed by atoms with van der Waals surface area (Å²) in [7, 11) is 0. The number of aromatic nitrogens is 3. The smallest absolute Gasteiger partial charge is 0.158 e. The maximum Gasteiger partial charge on any atom is 0.158 e. The normalized spacial score (nSPS) is 19.1. The first-order chi connectivity index (χ1) is 13.0. The van der Waals surface area contributed by atoms with E-state index in [1.54, 1.807) is 24.5 Å². The Hall–Kier alpha value is -2.44. The zero-order valence-electron chi connectivity index (χ0n) is 15.2. The zero-order valence-corrected chi connectivity index (χ0v) is 16.0. The molecule has 7 heteroatoms. The van der Waals surface area contributed by atoms with Crippen molar-refractivity contribution in [1.82, 2.24) is 15.2 Å². The van der Waals surface area contributed by atoms with Crippen molar-refractivity contribution in [1.29, 1.82) is 0 Å². The highest BCUT2D eigenvalue weighted by molar-refractivity contribution is 6.30. The Morgan fingerprint density at radius 2 is 2.07 bits per heavy atom. The van der Waals surface area contributed by atoms with E-state index in [1.165, 1.54) is 6.07 Å². The van der Waals surface area contributed by atoms with E-state index in [2.05, 4.69) is 34.3 Å². The first-order valence-electron chi connectivity index (χ1n) is 8.89. The average molecular weight is 385 g/mol. The molecular weight excluding hydrogens is 364 g/mol. The maximum atomic E-state index is 10.3. The van der Waals surface area contributed by atoms with Crippen molar-refractivity contribution in [2.45, 2.75) is 26.3 Å². The molecule has 3 aromatic rings. The number of ether oxygens (including phenoxy) is 1. The van der Waals surface area contributed by atoms with Crippen molar-refractivity contribution < 1.29 is 9.84 Å². The van der Waals surface area contributed by atoms with Crippen LogP contribution in [-0.2, 0) is 4.74 Å². The third kappa shape index (κ3) is 3.42. The first kappa shape index (κ1) is 17.9. The molecule has 1 aliphatic rings. The highest BCUT2D eigenvalue weighted by Crippen LogP contribution is 2.37. The maximum absolute atomic E-state index is 10.3. The molecule has 0 unspecified atom stereocenters. The van der Waals surface area contributed by atoms with E-state index in [0.717, 1.165) is 23.8 Å². The number of aromatic hydroxyl groups is 1. The number of hydrogen-bond donors (Lipinski definition) is 2. The molecule has 3 heterocycles. The molecule has 1 aromatic carbocycles. The van der Waals surface area contributed by atoms with Crippen LogP contribution < -0.4 is 5.32 Å². The van der Waals surface area contributed by atoms with E-state index in [0.29, 0.717) is 28.7 Å². The average Bonchev–Trinajstić information content (AvgIpc) is 2.64. The standard InChI is InChI=1S/C20H21ClN4O2/c1-20(2)11-27-8-6-17(20)23-19-15-10-22-7-5-13(15)18(24-25-19)14-4-3-12(21)9-16(14)26/h3-5,7,9-10,17,26H,6,8,11H2,1-2H3,(H,23,25)/t17-/m0/s1. The predicted octanol–water partition coefficient (Wildman–Crippen LogP) is 4.28. The molecule has 27 heavy (non-hydrogen) atoms. The minimum atomic E-state index is -0.0123. The molecule has 0 spiro atoms. The van der Waals surface area contributed by atoms with Crippen LogP contribution in [0.15, 0.2) is 36.7 Å². The van der Waals surface area contributed by atoms with Crippen molar-refractivity contribution in [2.24, 2.45) is 5.41 Å². The van der Waals surface area contributed by atoms with Crippen molar-refractivity contribution >= 4 is 28.2 Å². The Kier molecular flexibility index (Phi) is 4.61. The molecule has 0 bridgehead atoms. The summed E-state index contributed by atoms with van der Waals surface area (Å²) in [6.45, 7) is 5.78. The van der Waals surface area contributed by atoms with Gasteiger partial charge in [-0.25, -0.2) is 0 Å². The second-order valence-corrected chi connectivity index (χ2v) is 7.94. The van der Waals surface area contributed by atoms with Gasteiger partial charge >= 0.3 is 0 Å². The fraction of sp³-hybridized carbons (Fsp3) is 0.350. The van der Waals surface area contributed by atoms with Crippen LogP contribution in [0.3, 0.4) is 0 Å². The van der Waals surface area contributed by atoms with Crippen LogP contribution in [0.2, 0.25) is 5.02 Å². The van der Waals surface area contributed by atoms with Gasteiger partial charge in [-0.05, 0) is 30.7 Å². The summed E-state index contributed by atoms with van der Waals surface area (Å²) in [5.74, 6) is 0.761. The lowest BCUT2D eigenvalue weighted by Gasteiger charge is -2.39. The lowest BCUT2D eigenvalue weighted by molar-refractivity contribution is 0.00340. The van der Waals surface area contributed by atoms with E-state index < -0.39 is 0 Å². The van der Waals surface area contributed by atoms with E-state index in [9.17, 15) is 5.11 Å². The second-order valence-electron chi connectivity index (χ2n) is 7.51. The molecule has 1 aliphatic heterocycles. The summed E-state index contributed by atoms with van der Waals surface area (Å²) in [5.41, 5.74) is 1.17. The molecule has 1 saturated heterocycles. The van der Waals surface area contributed by atoms with Crippen LogP contribution in [0.1, 0.15) is 20.3 Å². The van der Waals surface area contributed by atoms with Crippen molar-refractivity contribution in [3.05, 3.63) is 41.7 Å². The summed E-state index contributed by atoms with van der Waals surface area (Å²) in [5, 5.41) is 24.9. The molecule has 0 amide bonds. The summed E-state index contributed by atoms with van der Waals surface area (Å²) in [6.07, 6.45) is 4.38. The van der Waals surface area contributed by atoms with Crippen LogP contribution in [0.25, 0.3) is 22.0 Å². The van der Waals surface area contributed by atoms with Gasteiger partial charge in [0.1, 0.15) is 11.4 Å². The minimum Gasteiger partial charge on any atom is -0.507 e. The number of hydrogen-bond acceptors (Lipinski definition) is 6. The largest absolute Gasteiger partial charge is 0.507 e. The van der Waals surface area contributed by atoms with Gasteiger partial charge in [0.05, 0.1) is 6.61 Å². The number of rotatable bonds is 3. The summed E-state index contributed by atoms with van der Waals surface area (Å²) >= 11 is 5.96. The van der Waals surface area contributed by atoms with Crippen molar-refractivity contribution in [3.63, 3.8) is 0 Å². The van der Waals surface area contributed by atoms with Crippen LogP contribution in [-0.4, -0.2) is 39.5 Å². The highest BCUT2D eigenvalue weighted by Gasteiger charge is 2.33. The van der Waals surface area contributed by atoms with Crippen molar-refractivity contribution in [2.75, 3.05) is 18.5 Å². The molecule has 2 N–H and O–H groups in total. The van der Waals surface area contributed by atoms with E-state index in [-0.39, 0.29) is 17.2 Å². The van der Waals surface area contributed by atoms with Crippen molar-refractivity contribution in [3.8, 4) is 17.0 Å². The Morgan fingerprint density at radius 1 is 1.22 bits per heavy atom. The van der Waals surface area contributed by atoms with Crippen LogP contribution in [0, 0.1) is 5.41 Å². The molecule has 2 aromatic heterocycles. The van der Waals surface area contributed by atoms with Gasteiger partial charge in [-0.1, -0.05) is 25.4 Å². The SMILES string of the molecule is CC1(C)COCC[C@@H]1Nc1nnc(-c2ccc(Cl)cc2O)c2ccncc12. The van der Waals surface area contributed by atoms with E-state index in [1.807, 2.05) is 6.07 Å². The Balaban J connectivity index is 1.79. The molecule has 0 saturated carbocycles. The number of pyridine rings is 1. The van der Waals surface area contributed by atoms with Gasteiger partial charge in [0.2, 0.25) is 0 Å². The lowest BCUT2D eigenvalue weighted by atomic mass is 9.82. The quantitative estimate of drug-likeness (QED) is 0.701. The van der Waals surface area contributed by atoms with E-state index in [4.69, 9.17) is 16.3 Å². The van der Waals surface area contributed by atoms with Gasteiger partial charge in [-0.15, -0.1) is 10.2 Å². The molecular formula is C20H21ClN4O2. The number of halogens is 1. The number of phenolic OH excluding ortho intramolecular Hbond substituents is 1. The second kappa shape index (κ2) is 6.94. The molecule has 6 nitrogen and oxygen atoms in total. The number of phenols is 1. The summed E-state index contributed by atoms with van der Waals surface area (Å²) in [6, 6.07) is 7.08. The summed E-state index contributed by atoms with van der Waals surface area (Å²) < 4.78 is 5.61. The monoisotopic (exact) mass is 384 g/mol. The fourth-order valence-corrected chi connectivity index (χ4v) is 3.63. The number of nitrogens with zero attached hydrogens (tertiary/aromatic N) is 3. The molecule has 0 radical (unpaired) electrons. The Morgan fingerprint density at radius 3 is 2.85 bits per heavy atom. The highest BCUT2D eigenvalue weighted by atomic mass is 35.5. The summed E-state index contributed by atoms with van der Waals surface area (Å²) in [4.78, 5) is 4.26. The Labute approximate surface area is 162 Å². The van der Waals surface area contributed by atoms with Gasteiger partial charge in [0.15, 0.2) is 5.82 Å². The number of benzene rings is 1. The third-order valence-corrected chi connectivity index (χ3v) is 5.31. The Bertz CT molecular complexity index is 993. The minimum absolute atomic E-state index is 0.0123. The van der Waals surface area contributed by atoms with Gasteiger partial charge < -0.3 is 15.2 Å². The molecule has 1 atom stereocenters. The molecule has 4 rings (SSSR count). The van der Waals surface area contributed by atoms with Gasteiger partial charge in [-0.3, -0.25) is 4.98 Å². The molecule has 140 valence electrons. The van der Waals surface area contributed by atoms with Crippen LogP contribution in [0.5, 0.6) is 5.75 Å². The fourth-order valence-electron chi connectivity index (χ4n) is 3.47. The third-order valence-electron chi connectivity index (χ3n) is 5.08. The van der Waals surface area contributed by atoms with Crippen LogP contribution >= 0.6 is 11.6 Å². The molecule has 1 fully saturated rings. The van der Waals surface area contributed by atoms with Gasteiger partial charge in [0.25, 0.3) is 0 Å². The van der Waals surface area contributed by atoms with Gasteiger partial charge in [0, 0.05) is 51.8 Å². The van der Waals surface area contributed by atoms with Gasteiger partial charge in [-0.2, -0.15) is 0 Å². The van der Waals surface area contributed by atoms with Crippen LogP contribution in [0.4, 0.5) is 5.82 Å². The molecule has 0 aliphatic carbocycles. The topological polar surface area (TPSA) is 80.2 Å². The number of fused-ring (bicyclic) bond motifs is 1. The van der Waals surface area contributed by atoms with E-state index >= 15 is 0 Å². The zero-order chi connectivity index (χ0) is 19.0. The first-order valence-corrected chi connectivity index (χ1v) is 9.27. The predicted molar refractivity (Wildman–Crippen MR) is 106 cm³/mol. The lowest BCUT2D eigenvalue weighted by Crippen LogP contribution is -2.44. The number of nitrogens with one attached hydrogen (secondary N) is 1.